The van der Waals surface area contributed by atoms with Crippen molar-refractivity contribution >= 4 is 11.8 Å². The standard InChI is InChI=1S/C17H20S/c1-4-17(15-9-5-13(2)6-10-15)18-16-11-7-14(3)8-12-16/h5-12,17H,4H2,1-3H3. The highest BCUT2D eigenvalue weighted by Gasteiger charge is 2.10. The highest BCUT2D eigenvalue weighted by atomic mass is 32.2. The molecule has 2 aromatic carbocycles. The van der Waals surface area contributed by atoms with Crippen LogP contribution < -0.4 is 0 Å². The monoisotopic (exact) mass is 256 g/mol. The molecule has 2 aromatic rings. The molecule has 1 atom stereocenters. The van der Waals surface area contributed by atoms with Gasteiger partial charge in [-0.2, -0.15) is 0 Å². The van der Waals surface area contributed by atoms with E-state index in [-0.39, 0.29) is 0 Å². The Kier molecular flexibility index (Phi) is 4.48. The molecular weight excluding hydrogens is 236 g/mol. The average Bonchev–Trinajstić information content (AvgIpc) is 2.39. The number of hydrogen-bond donors (Lipinski definition) is 0. The molecular formula is C17H20S. The van der Waals surface area contributed by atoms with Crippen LogP contribution in [0.15, 0.2) is 53.4 Å². The molecule has 0 bridgehead atoms. The summed E-state index contributed by atoms with van der Waals surface area (Å²) in [6.45, 7) is 6.52. The van der Waals surface area contributed by atoms with E-state index in [4.69, 9.17) is 0 Å². The maximum atomic E-state index is 2.26. The Morgan fingerprint density at radius 3 is 1.83 bits per heavy atom. The first kappa shape index (κ1) is 13.2. The minimum Gasteiger partial charge on any atom is -0.118 e. The topological polar surface area (TPSA) is 0 Å². The molecule has 0 aromatic heterocycles. The fourth-order valence-corrected chi connectivity index (χ4v) is 3.03. The molecule has 0 nitrogen and oxygen atoms in total. The third-order valence-corrected chi connectivity index (χ3v) is 4.55. The summed E-state index contributed by atoms with van der Waals surface area (Å²) in [6.07, 6.45) is 1.15. The summed E-state index contributed by atoms with van der Waals surface area (Å²) in [5.74, 6) is 0. The van der Waals surface area contributed by atoms with Gasteiger partial charge >= 0.3 is 0 Å². The average molecular weight is 256 g/mol. The van der Waals surface area contributed by atoms with Gasteiger partial charge in [-0.05, 0) is 38.0 Å². The molecule has 0 aliphatic rings. The number of hydrogen-bond acceptors (Lipinski definition) is 1. The Morgan fingerprint density at radius 1 is 0.833 bits per heavy atom. The van der Waals surface area contributed by atoms with Crippen molar-refractivity contribution in [2.45, 2.75) is 37.3 Å². The quantitative estimate of drug-likeness (QED) is 0.646. The summed E-state index contributed by atoms with van der Waals surface area (Å²) in [7, 11) is 0. The molecule has 0 N–H and O–H groups in total. The molecule has 1 unspecified atom stereocenters. The molecule has 0 radical (unpaired) electrons. The third kappa shape index (κ3) is 3.39. The van der Waals surface area contributed by atoms with Crippen molar-refractivity contribution < 1.29 is 0 Å². The molecule has 0 spiro atoms. The fraction of sp³-hybridized carbons (Fsp3) is 0.294. The van der Waals surface area contributed by atoms with E-state index in [2.05, 4.69) is 69.3 Å². The Hall–Kier alpha value is -1.21. The van der Waals surface area contributed by atoms with Gasteiger partial charge in [0.05, 0.1) is 0 Å². The Balaban J connectivity index is 2.14. The van der Waals surface area contributed by atoms with Crippen LogP contribution in [0.1, 0.15) is 35.3 Å². The molecule has 0 heterocycles. The maximum absolute atomic E-state index is 2.26. The zero-order chi connectivity index (χ0) is 13.0. The summed E-state index contributed by atoms with van der Waals surface area (Å²) in [6, 6.07) is 17.7. The van der Waals surface area contributed by atoms with Gasteiger partial charge in [0.15, 0.2) is 0 Å². The van der Waals surface area contributed by atoms with E-state index in [1.807, 2.05) is 11.8 Å². The second kappa shape index (κ2) is 6.10. The van der Waals surface area contributed by atoms with Gasteiger partial charge in [0.25, 0.3) is 0 Å². The third-order valence-electron chi connectivity index (χ3n) is 3.12. The zero-order valence-corrected chi connectivity index (χ0v) is 12.1. The van der Waals surface area contributed by atoms with E-state index < -0.39 is 0 Å². The zero-order valence-electron chi connectivity index (χ0n) is 11.3. The van der Waals surface area contributed by atoms with Gasteiger partial charge in [-0.1, -0.05) is 54.4 Å². The first-order valence-electron chi connectivity index (χ1n) is 6.49. The number of aryl methyl sites for hydroxylation is 2. The van der Waals surface area contributed by atoms with E-state index in [0.717, 1.165) is 6.42 Å². The fourth-order valence-electron chi connectivity index (χ4n) is 1.95. The summed E-state index contributed by atoms with van der Waals surface area (Å²) in [5.41, 5.74) is 4.07. The molecule has 2 rings (SSSR count). The van der Waals surface area contributed by atoms with Crippen LogP contribution in [0, 0.1) is 13.8 Å². The van der Waals surface area contributed by atoms with E-state index in [9.17, 15) is 0 Å². The van der Waals surface area contributed by atoms with Gasteiger partial charge in [0.2, 0.25) is 0 Å². The molecule has 0 amide bonds. The smallest absolute Gasteiger partial charge is 0.0341 e. The lowest BCUT2D eigenvalue weighted by Gasteiger charge is -2.15. The second-order valence-corrected chi connectivity index (χ2v) is 6.01. The molecule has 0 aliphatic heterocycles. The van der Waals surface area contributed by atoms with E-state index >= 15 is 0 Å². The predicted molar refractivity (Wildman–Crippen MR) is 81.2 cm³/mol. The Morgan fingerprint density at radius 2 is 1.33 bits per heavy atom. The van der Waals surface area contributed by atoms with E-state index in [1.165, 1.54) is 21.6 Å². The van der Waals surface area contributed by atoms with Gasteiger partial charge < -0.3 is 0 Å². The molecule has 0 saturated heterocycles. The van der Waals surface area contributed by atoms with E-state index in [1.54, 1.807) is 0 Å². The number of rotatable bonds is 4. The summed E-state index contributed by atoms with van der Waals surface area (Å²) >= 11 is 1.96. The highest BCUT2D eigenvalue weighted by molar-refractivity contribution is 7.99. The molecule has 0 fully saturated rings. The SMILES string of the molecule is CCC(Sc1ccc(C)cc1)c1ccc(C)cc1. The van der Waals surface area contributed by atoms with Crippen molar-refractivity contribution in [2.75, 3.05) is 0 Å². The minimum absolute atomic E-state index is 0.549. The van der Waals surface area contributed by atoms with Gasteiger partial charge in [-0.25, -0.2) is 0 Å². The van der Waals surface area contributed by atoms with Crippen LogP contribution in [-0.2, 0) is 0 Å². The molecule has 18 heavy (non-hydrogen) atoms. The van der Waals surface area contributed by atoms with Gasteiger partial charge in [0, 0.05) is 10.1 Å². The van der Waals surface area contributed by atoms with Crippen LogP contribution in [-0.4, -0.2) is 0 Å². The maximum Gasteiger partial charge on any atom is 0.0341 e. The Labute approximate surface area is 114 Å². The van der Waals surface area contributed by atoms with Crippen molar-refractivity contribution in [3.8, 4) is 0 Å². The van der Waals surface area contributed by atoms with E-state index in [0.29, 0.717) is 5.25 Å². The molecule has 94 valence electrons. The highest BCUT2D eigenvalue weighted by Crippen LogP contribution is 2.37. The normalized spacial score (nSPS) is 12.4. The summed E-state index contributed by atoms with van der Waals surface area (Å²) in [5, 5.41) is 0.549. The lowest BCUT2D eigenvalue weighted by atomic mass is 10.1. The van der Waals surface area contributed by atoms with Crippen LogP contribution in [0.5, 0.6) is 0 Å². The van der Waals surface area contributed by atoms with Crippen molar-refractivity contribution in [2.24, 2.45) is 0 Å². The largest absolute Gasteiger partial charge is 0.118 e. The first-order valence-corrected chi connectivity index (χ1v) is 7.37. The van der Waals surface area contributed by atoms with Crippen LogP contribution in [0.3, 0.4) is 0 Å². The molecule has 1 heteroatoms. The van der Waals surface area contributed by atoms with Crippen molar-refractivity contribution in [1.82, 2.24) is 0 Å². The number of benzene rings is 2. The van der Waals surface area contributed by atoms with Crippen molar-refractivity contribution in [3.63, 3.8) is 0 Å². The van der Waals surface area contributed by atoms with Crippen LogP contribution in [0.4, 0.5) is 0 Å². The van der Waals surface area contributed by atoms with Crippen LogP contribution in [0.25, 0.3) is 0 Å². The van der Waals surface area contributed by atoms with Crippen molar-refractivity contribution in [3.05, 3.63) is 65.2 Å². The lowest BCUT2D eigenvalue weighted by Crippen LogP contribution is -1.92. The first-order chi connectivity index (χ1) is 8.69. The van der Waals surface area contributed by atoms with Crippen LogP contribution >= 0.6 is 11.8 Å². The van der Waals surface area contributed by atoms with Gasteiger partial charge in [-0.15, -0.1) is 11.8 Å². The predicted octanol–water partition coefficient (Wildman–Crippen LogP) is 5.55. The molecule has 0 aliphatic carbocycles. The molecule has 0 saturated carbocycles. The minimum atomic E-state index is 0.549. The van der Waals surface area contributed by atoms with Gasteiger partial charge in [0.1, 0.15) is 0 Å². The lowest BCUT2D eigenvalue weighted by molar-refractivity contribution is 0.894. The van der Waals surface area contributed by atoms with Crippen molar-refractivity contribution in [1.29, 1.82) is 0 Å². The Bertz CT molecular complexity index is 482. The number of thioether (sulfide) groups is 1. The van der Waals surface area contributed by atoms with Crippen LogP contribution in [0.2, 0.25) is 0 Å². The summed E-state index contributed by atoms with van der Waals surface area (Å²) < 4.78 is 0. The summed E-state index contributed by atoms with van der Waals surface area (Å²) in [4.78, 5) is 1.35. The second-order valence-electron chi connectivity index (χ2n) is 4.74. The van der Waals surface area contributed by atoms with Gasteiger partial charge in [-0.3, -0.25) is 0 Å².